The molecular formula is C12H17BrN2OS2. The first kappa shape index (κ1) is 14.3. The number of carbonyl (C=O) groups is 1. The van der Waals surface area contributed by atoms with E-state index in [0.29, 0.717) is 15.2 Å². The highest BCUT2D eigenvalue weighted by molar-refractivity contribution is 9.09. The average Bonchev–Trinajstić information content (AvgIpc) is 2.55. The molecule has 100 valence electrons. The average molecular weight is 349 g/mol. The topological polar surface area (TPSA) is 23.6 Å². The molecule has 0 aromatic rings. The quantitative estimate of drug-likeness (QED) is 0.435. The van der Waals surface area contributed by atoms with Gasteiger partial charge in [0.1, 0.15) is 4.32 Å². The van der Waals surface area contributed by atoms with E-state index in [-0.39, 0.29) is 5.91 Å². The van der Waals surface area contributed by atoms with Crippen molar-refractivity contribution in [1.82, 2.24) is 9.80 Å². The molecule has 0 unspecified atom stereocenters. The molecule has 0 bridgehead atoms. The summed E-state index contributed by atoms with van der Waals surface area (Å²) in [4.78, 5) is 17.4. The van der Waals surface area contributed by atoms with Gasteiger partial charge >= 0.3 is 0 Å². The predicted octanol–water partition coefficient (Wildman–Crippen LogP) is 2.96. The fourth-order valence-corrected chi connectivity index (χ4v) is 4.31. The summed E-state index contributed by atoms with van der Waals surface area (Å²) in [5.74, 6) is 0.0803. The monoisotopic (exact) mass is 348 g/mol. The van der Waals surface area contributed by atoms with E-state index in [4.69, 9.17) is 12.2 Å². The highest BCUT2D eigenvalue weighted by Gasteiger charge is 2.38. The molecule has 0 spiro atoms. The van der Waals surface area contributed by atoms with Gasteiger partial charge in [0.25, 0.3) is 5.91 Å². The van der Waals surface area contributed by atoms with Crippen molar-refractivity contribution in [3.63, 3.8) is 0 Å². The van der Waals surface area contributed by atoms with Crippen LogP contribution in [-0.2, 0) is 4.79 Å². The minimum absolute atomic E-state index is 0.0803. The molecule has 2 aliphatic rings. The largest absolute Gasteiger partial charge is 0.382 e. The zero-order valence-electron chi connectivity index (χ0n) is 10.6. The first-order valence-electron chi connectivity index (χ1n) is 6.06. The number of alkyl halides is 1. The van der Waals surface area contributed by atoms with Crippen LogP contribution in [0, 0.1) is 0 Å². The third-order valence-corrected chi connectivity index (χ3v) is 5.42. The maximum atomic E-state index is 12.3. The minimum Gasteiger partial charge on any atom is -0.382 e. The van der Waals surface area contributed by atoms with Gasteiger partial charge in [0.05, 0.1) is 4.91 Å². The maximum Gasteiger partial charge on any atom is 0.267 e. The second kappa shape index (κ2) is 5.92. The van der Waals surface area contributed by atoms with Crippen molar-refractivity contribution in [3.05, 3.63) is 11.1 Å². The van der Waals surface area contributed by atoms with Crippen molar-refractivity contribution < 1.29 is 4.79 Å². The number of carbonyl (C=O) groups excluding carboxylic acids is 1. The molecule has 0 atom stereocenters. The van der Waals surface area contributed by atoms with E-state index >= 15 is 0 Å². The number of amides is 1. The predicted molar refractivity (Wildman–Crippen MR) is 83.8 cm³/mol. The summed E-state index contributed by atoms with van der Waals surface area (Å²) in [5, 5.41) is 0. The Morgan fingerprint density at radius 2 is 2.00 bits per heavy atom. The van der Waals surface area contributed by atoms with Gasteiger partial charge in [-0.15, -0.1) is 0 Å². The van der Waals surface area contributed by atoms with Crippen LogP contribution < -0.4 is 0 Å². The Labute approximate surface area is 126 Å². The van der Waals surface area contributed by atoms with Crippen LogP contribution in [0.4, 0.5) is 0 Å². The molecule has 2 rings (SSSR count). The van der Waals surface area contributed by atoms with E-state index in [1.165, 1.54) is 11.8 Å². The van der Waals surface area contributed by atoms with Crippen LogP contribution in [0.5, 0.6) is 0 Å². The van der Waals surface area contributed by atoms with Gasteiger partial charge in [-0.05, 0) is 25.7 Å². The number of thiocarbonyl (C=S) groups is 1. The van der Waals surface area contributed by atoms with E-state index < -0.39 is 0 Å². The summed E-state index contributed by atoms with van der Waals surface area (Å²) < 4.78 is 0.714. The van der Waals surface area contributed by atoms with E-state index in [0.717, 1.165) is 30.6 Å². The molecule has 1 amide bonds. The molecule has 1 saturated heterocycles. The second-order valence-electron chi connectivity index (χ2n) is 4.91. The molecule has 2 fully saturated rings. The molecule has 1 aliphatic heterocycles. The number of hydrogen-bond acceptors (Lipinski definition) is 4. The Morgan fingerprint density at radius 3 is 2.56 bits per heavy atom. The molecule has 1 heterocycles. The smallest absolute Gasteiger partial charge is 0.267 e. The molecule has 3 nitrogen and oxygen atoms in total. The number of hydrogen-bond donors (Lipinski definition) is 0. The number of nitrogens with zero attached hydrogens (tertiary/aromatic N) is 2. The molecule has 6 heteroatoms. The Bertz CT molecular complexity index is 390. The van der Waals surface area contributed by atoms with Crippen LogP contribution in [0.15, 0.2) is 11.1 Å². The summed E-state index contributed by atoms with van der Waals surface area (Å²) >= 11 is 10.4. The fraction of sp³-hybridized carbons (Fsp3) is 0.667. The summed E-state index contributed by atoms with van der Waals surface area (Å²) in [6.45, 7) is 0. The molecule has 0 N–H and O–H groups in total. The Hall–Kier alpha value is -0.0700. The van der Waals surface area contributed by atoms with Crippen LogP contribution in [0.1, 0.15) is 25.7 Å². The van der Waals surface area contributed by atoms with Crippen LogP contribution in [-0.4, -0.2) is 45.0 Å². The van der Waals surface area contributed by atoms with Crippen molar-refractivity contribution in [3.8, 4) is 0 Å². The first-order valence-corrected chi connectivity index (χ1v) is 8.20. The zero-order valence-corrected chi connectivity index (χ0v) is 13.8. The third kappa shape index (κ3) is 3.08. The Balaban J connectivity index is 2.10. The first-order chi connectivity index (χ1) is 8.49. The number of halogens is 1. The normalized spacial score (nSPS) is 31.3. The highest BCUT2D eigenvalue weighted by atomic mass is 79.9. The van der Waals surface area contributed by atoms with Crippen LogP contribution in [0.25, 0.3) is 0 Å². The summed E-state index contributed by atoms with van der Waals surface area (Å²) in [5.41, 5.74) is 0. The third-order valence-electron chi connectivity index (χ3n) is 3.19. The lowest BCUT2D eigenvalue weighted by atomic mass is 9.94. The van der Waals surface area contributed by atoms with Crippen molar-refractivity contribution in [2.75, 3.05) is 14.1 Å². The number of rotatable bonds is 2. The zero-order chi connectivity index (χ0) is 13.3. The molecular weight excluding hydrogens is 332 g/mol. The van der Waals surface area contributed by atoms with Gasteiger partial charge in [0.15, 0.2) is 0 Å². The molecule has 0 radical (unpaired) electrons. The molecule has 1 saturated carbocycles. The lowest BCUT2D eigenvalue weighted by Crippen LogP contribution is -2.41. The van der Waals surface area contributed by atoms with Gasteiger partial charge < -0.3 is 4.90 Å². The molecule has 1 aliphatic carbocycles. The van der Waals surface area contributed by atoms with Gasteiger partial charge in [-0.3, -0.25) is 9.69 Å². The lowest BCUT2D eigenvalue weighted by Gasteiger charge is -2.31. The van der Waals surface area contributed by atoms with Crippen LogP contribution in [0.3, 0.4) is 0 Å². The second-order valence-corrected chi connectivity index (χ2v) is 7.88. The van der Waals surface area contributed by atoms with Gasteiger partial charge in [-0.2, -0.15) is 0 Å². The molecule has 0 aromatic carbocycles. The minimum atomic E-state index is 0.0803. The van der Waals surface area contributed by atoms with E-state index in [1.54, 1.807) is 0 Å². The standard InChI is InChI=1S/C12H17BrN2OS2/c1-14(2)7-10-11(16)15(12(17)18-10)9-5-3-8(13)4-6-9/h7-9H,3-6H2,1-2H3/b10-7-. The van der Waals surface area contributed by atoms with Gasteiger partial charge in [-0.25, -0.2) is 0 Å². The van der Waals surface area contributed by atoms with Crippen molar-refractivity contribution in [2.24, 2.45) is 0 Å². The van der Waals surface area contributed by atoms with Crippen LogP contribution in [0.2, 0.25) is 0 Å². The Morgan fingerprint density at radius 1 is 1.39 bits per heavy atom. The molecule has 0 aromatic heterocycles. The van der Waals surface area contributed by atoms with E-state index in [1.807, 2.05) is 30.1 Å². The van der Waals surface area contributed by atoms with Gasteiger partial charge in [0.2, 0.25) is 0 Å². The summed E-state index contributed by atoms with van der Waals surface area (Å²) in [6.07, 6.45) is 6.17. The van der Waals surface area contributed by atoms with E-state index in [2.05, 4.69) is 15.9 Å². The fourth-order valence-electron chi connectivity index (χ4n) is 2.31. The molecule has 18 heavy (non-hydrogen) atoms. The highest BCUT2D eigenvalue weighted by Crippen LogP contribution is 2.37. The van der Waals surface area contributed by atoms with Crippen molar-refractivity contribution >= 4 is 50.1 Å². The van der Waals surface area contributed by atoms with Gasteiger partial charge in [-0.1, -0.05) is 39.9 Å². The van der Waals surface area contributed by atoms with Gasteiger partial charge in [0, 0.05) is 31.2 Å². The number of thioether (sulfide) groups is 1. The maximum absolute atomic E-state index is 12.3. The van der Waals surface area contributed by atoms with Crippen LogP contribution >= 0.6 is 39.9 Å². The van der Waals surface area contributed by atoms with E-state index in [9.17, 15) is 4.79 Å². The summed E-state index contributed by atoms with van der Waals surface area (Å²) in [7, 11) is 3.84. The SMILES string of the molecule is CN(C)/C=C1\SC(=S)N(C2CCC(Br)CC2)C1=O. The lowest BCUT2D eigenvalue weighted by molar-refractivity contribution is -0.124. The summed E-state index contributed by atoms with van der Waals surface area (Å²) in [6, 6.07) is 0.291. The van der Waals surface area contributed by atoms with Crippen molar-refractivity contribution in [2.45, 2.75) is 36.6 Å². The Kier molecular flexibility index (Phi) is 4.72. The van der Waals surface area contributed by atoms with Crippen molar-refractivity contribution in [1.29, 1.82) is 0 Å².